The zero-order valence-corrected chi connectivity index (χ0v) is 12.3. The average Bonchev–Trinajstić information content (AvgIpc) is 2.49. The van der Waals surface area contributed by atoms with Gasteiger partial charge in [-0.05, 0) is 37.5 Å². The highest BCUT2D eigenvalue weighted by Gasteiger charge is 2.36. The smallest absolute Gasteiger partial charge is 0.307 e. The molecule has 2 N–H and O–H groups in total. The van der Waals surface area contributed by atoms with Gasteiger partial charge in [0, 0.05) is 0 Å². The van der Waals surface area contributed by atoms with Gasteiger partial charge in [-0.15, -0.1) is 0 Å². The predicted octanol–water partition coefficient (Wildman–Crippen LogP) is 3.03. The number of benzene rings is 1. The van der Waals surface area contributed by atoms with Crippen LogP contribution in [0, 0.1) is 23.5 Å². The molecule has 0 saturated heterocycles. The molecule has 1 aromatic rings. The quantitative estimate of drug-likeness (QED) is 0.898. The number of hydrogen-bond donors (Lipinski definition) is 2. The first kappa shape index (κ1) is 16.4. The molecule has 4 nitrogen and oxygen atoms in total. The number of carbonyl (C=O) groups is 2. The summed E-state index contributed by atoms with van der Waals surface area (Å²) in [5.41, 5.74) is 0.440. The summed E-state index contributed by atoms with van der Waals surface area (Å²) in [6.45, 7) is 1.66. The lowest BCUT2D eigenvalue weighted by atomic mass is 9.78. The molecule has 1 aliphatic carbocycles. The van der Waals surface area contributed by atoms with Crippen molar-refractivity contribution in [2.45, 2.75) is 38.6 Å². The second-order valence-electron chi connectivity index (χ2n) is 5.74. The maximum atomic E-state index is 13.2. The van der Waals surface area contributed by atoms with Gasteiger partial charge in [0.2, 0.25) is 5.91 Å². The Morgan fingerprint density at radius 3 is 2.41 bits per heavy atom. The number of halogens is 2. The molecule has 0 heterocycles. The van der Waals surface area contributed by atoms with Crippen LogP contribution < -0.4 is 5.32 Å². The molecule has 6 heteroatoms. The molecular formula is C16H19F2NO3. The van der Waals surface area contributed by atoms with E-state index >= 15 is 0 Å². The molecule has 1 aliphatic rings. The molecule has 22 heavy (non-hydrogen) atoms. The van der Waals surface area contributed by atoms with E-state index in [2.05, 4.69) is 5.32 Å². The van der Waals surface area contributed by atoms with Crippen LogP contribution in [0.2, 0.25) is 0 Å². The number of carbonyl (C=O) groups excluding carboxylic acids is 1. The molecule has 3 atom stereocenters. The first-order valence-electron chi connectivity index (χ1n) is 7.38. The summed E-state index contributed by atoms with van der Waals surface area (Å²) in [6.07, 6.45) is 2.65. The number of rotatable bonds is 4. The minimum Gasteiger partial charge on any atom is -0.481 e. The van der Waals surface area contributed by atoms with E-state index in [0.717, 1.165) is 25.0 Å². The highest BCUT2D eigenvalue weighted by Crippen LogP contribution is 2.31. The molecule has 120 valence electrons. The van der Waals surface area contributed by atoms with Crippen molar-refractivity contribution in [3.8, 4) is 0 Å². The molecule has 1 aromatic carbocycles. The van der Waals surface area contributed by atoms with Crippen LogP contribution in [0.15, 0.2) is 18.2 Å². The van der Waals surface area contributed by atoms with Crippen LogP contribution >= 0.6 is 0 Å². The summed E-state index contributed by atoms with van der Waals surface area (Å²) >= 11 is 0. The van der Waals surface area contributed by atoms with Crippen LogP contribution in [0.1, 0.15) is 44.2 Å². The van der Waals surface area contributed by atoms with Gasteiger partial charge in [-0.1, -0.05) is 18.9 Å². The molecular weight excluding hydrogens is 292 g/mol. The normalized spacial score (nSPS) is 22.9. The molecule has 0 unspecified atom stereocenters. The Kier molecular flexibility index (Phi) is 5.11. The topological polar surface area (TPSA) is 66.4 Å². The lowest BCUT2D eigenvalue weighted by molar-refractivity contribution is -0.149. The first-order valence-corrected chi connectivity index (χ1v) is 7.38. The fourth-order valence-electron chi connectivity index (χ4n) is 2.93. The van der Waals surface area contributed by atoms with Crippen molar-refractivity contribution < 1.29 is 23.5 Å². The summed E-state index contributed by atoms with van der Waals surface area (Å²) < 4.78 is 26.2. The maximum absolute atomic E-state index is 13.2. The van der Waals surface area contributed by atoms with Gasteiger partial charge in [0.25, 0.3) is 0 Å². The fraction of sp³-hybridized carbons (Fsp3) is 0.500. The van der Waals surface area contributed by atoms with E-state index in [-0.39, 0.29) is 5.91 Å². The van der Waals surface area contributed by atoms with Gasteiger partial charge in [-0.3, -0.25) is 9.59 Å². The molecule has 0 spiro atoms. The summed E-state index contributed by atoms with van der Waals surface area (Å²) in [6, 6.07) is 2.93. The van der Waals surface area contributed by atoms with Crippen molar-refractivity contribution in [3.63, 3.8) is 0 Å². The van der Waals surface area contributed by atoms with Crippen LogP contribution in [0.5, 0.6) is 0 Å². The number of hydrogen-bond acceptors (Lipinski definition) is 2. The third-order valence-corrected chi connectivity index (χ3v) is 4.22. The summed E-state index contributed by atoms with van der Waals surface area (Å²) in [5, 5.41) is 11.9. The Morgan fingerprint density at radius 1 is 1.18 bits per heavy atom. The van der Waals surface area contributed by atoms with Crippen molar-refractivity contribution in [2.24, 2.45) is 11.8 Å². The van der Waals surface area contributed by atoms with Crippen molar-refractivity contribution in [3.05, 3.63) is 35.4 Å². The van der Waals surface area contributed by atoms with Crippen molar-refractivity contribution in [1.29, 1.82) is 0 Å². The number of amides is 1. The van der Waals surface area contributed by atoms with Gasteiger partial charge in [0.1, 0.15) is 0 Å². The van der Waals surface area contributed by atoms with E-state index < -0.39 is 35.5 Å². The Labute approximate surface area is 127 Å². The molecule has 1 saturated carbocycles. The molecule has 0 aromatic heterocycles. The largest absolute Gasteiger partial charge is 0.481 e. The number of carboxylic acids is 1. The highest BCUT2D eigenvalue weighted by atomic mass is 19.2. The maximum Gasteiger partial charge on any atom is 0.307 e. The van der Waals surface area contributed by atoms with E-state index in [9.17, 15) is 23.5 Å². The molecule has 1 fully saturated rings. The Morgan fingerprint density at radius 2 is 1.82 bits per heavy atom. The zero-order valence-electron chi connectivity index (χ0n) is 12.3. The number of carboxylic acid groups (broad SMARTS) is 1. The van der Waals surface area contributed by atoms with E-state index in [4.69, 9.17) is 0 Å². The predicted molar refractivity (Wildman–Crippen MR) is 76.0 cm³/mol. The van der Waals surface area contributed by atoms with E-state index in [1.165, 1.54) is 6.07 Å². The van der Waals surface area contributed by atoms with Gasteiger partial charge in [0.05, 0.1) is 17.9 Å². The summed E-state index contributed by atoms with van der Waals surface area (Å²) in [5.74, 6) is -4.46. The zero-order chi connectivity index (χ0) is 16.3. The van der Waals surface area contributed by atoms with Crippen LogP contribution in [0.3, 0.4) is 0 Å². The SMILES string of the molecule is C[C@H](NC(=O)[C@@H]1CCCC[C@@H]1C(=O)O)c1ccc(F)c(F)c1. The molecule has 0 bridgehead atoms. The van der Waals surface area contributed by atoms with Gasteiger partial charge >= 0.3 is 5.97 Å². The van der Waals surface area contributed by atoms with Crippen LogP contribution in [0.4, 0.5) is 8.78 Å². The standard InChI is InChI=1S/C16H19F2NO3/c1-9(10-6-7-13(17)14(18)8-10)19-15(20)11-4-2-3-5-12(11)16(21)22/h6-9,11-12H,2-5H2,1H3,(H,19,20)(H,21,22)/t9-,11+,12-/m0/s1. The van der Waals surface area contributed by atoms with E-state index in [1.807, 2.05) is 0 Å². The molecule has 0 radical (unpaired) electrons. The molecule has 1 amide bonds. The summed E-state index contributed by atoms with van der Waals surface area (Å²) in [7, 11) is 0. The second kappa shape index (κ2) is 6.85. The Bertz CT molecular complexity index is 577. The van der Waals surface area contributed by atoms with Gasteiger partial charge < -0.3 is 10.4 Å². The monoisotopic (exact) mass is 311 g/mol. The van der Waals surface area contributed by atoms with Crippen LogP contribution in [-0.4, -0.2) is 17.0 Å². The number of aliphatic carboxylic acids is 1. The third kappa shape index (κ3) is 3.61. The second-order valence-corrected chi connectivity index (χ2v) is 5.74. The Hall–Kier alpha value is -1.98. The van der Waals surface area contributed by atoms with Crippen molar-refractivity contribution in [1.82, 2.24) is 5.32 Å². The van der Waals surface area contributed by atoms with Gasteiger partial charge in [0.15, 0.2) is 11.6 Å². The first-order chi connectivity index (χ1) is 10.4. The van der Waals surface area contributed by atoms with E-state index in [0.29, 0.717) is 18.4 Å². The van der Waals surface area contributed by atoms with Crippen LogP contribution in [0.25, 0.3) is 0 Å². The van der Waals surface area contributed by atoms with E-state index in [1.54, 1.807) is 6.92 Å². The fourth-order valence-corrected chi connectivity index (χ4v) is 2.93. The number of nitrogens with one attached hydrogen (secondary N) is 1. The minimum absolute atomic E-state index is 0.343. The third-order valence-electron chi connectivity index (χ3n) is 4.22. The Balaban J connectivity index is 2.06. The molecule has 2 rings (SSSR count). The minimum atomic E-state index is -0.973. The lowest BCUT2D eigenvalue weighted by Crippen LogP contribution is -2.40. The average molecular weight is 311 g/mol. The van der Waals surface area contributed by atoms with Crippen molar-refractivity contribution in [2.75, 3.05) is 0 Å². The highest BCUT2D eigenvalue weighted by molar-refractivity contribution is 5.85. The van der Waals surface area contributed by atoms with Crippen molar-refractivity contribution >= 4 is 11.9 Å². The van der Waals surface area contributed by atoms with Gasteiger partial charge in [-0.25, -0.2) is 8.78 Å². The molecule has 0 aliphatic heterocycles. The van der Waals surface area contributed by atoms with Crippen LogP contribution in [-0.2, 0) is 9.59 Å². The lowest BCUT2D eigenvalue weighted by Gasteiger charge is -2.28. The summed E-state index contributed by atoms with van der Waals surface area (Å²) in [4.78, 5) is 23.5. The van der Waals surface area contributed by atoms with Gasteiger partial charge in [-0.2, -0.15) is 0 Å².